The highest BCUT2D eigenvalue weighted by Crippen LogP contribution is 2.15. The van der Waals surface area contributed by atoms with E-state index in [0.717, 1.165) is 25.1 Å². The van der Waals surface area contributed by atoms with Gasteiger partial charge in [-0.1, -0.05) is 30.3 Å². The van der Waals surface area contributed by atoms with E-state index in [1.165, 1.54) is 5.01 Å². The van der Waals surface area contributed by atoms with Crippen LogP contribution in [0, 0.1) is 0 Å². The average molecular weight is 261 g/mol. The summed E-state index contributed by atoms with van der Waals surface area (Å²) in [5.41, 5.74) is 7.15. The average Bonchev–Trinajstić information content (AvgIpc) is 2.89. The minimum Gasteiger partial charge on any atom is -0.321 e. The summed E-state index contributed by atoms with van der Waals surface area (Å²) in [4.78, 5) is 4.26. The van der Waals surface area contributed by atoms with E-state index in [-0.39, 0.29) is 5.54 Å². The molecule has 0 aliphatic heterocycles. The molecule has 0 aliphatic carbocycles. The zero-order chi connectivity index (χ0) is 12.8. The summed E-state index contributed by atoms with van der Waals surface area (Å²) in [5.74, 6) is 0. The molecule has 1 atom stereocenters. The van der Waals surface area contributed by atoms with Crippen molar-refractivity contribution in [1.29, 1.82) is 0 Å². The summed E-state index contributed by atoms with van der Waals surface area (Å²) in [6.45, 7) is 3.73. The highest BCUT2D eigenvalue weighted by molar-refractivity contribution is 7.09. The molecular weight excluding hydrogens is 242 g/mol. The third-order valence-electron chi connectivity index (χ3n) is 2.92. The van der Waals surface area contributed by atoms with Gasteiger partial charge in [-0.3, -0.25) is 0 Å². The van der Waals surface area contributed by atoms with Crippen LogP contribution in [-0.4, -0.2) is 18.1 Å². The van der Waals surface area contributed by atoms with Crippen LogP contribution in [-0.2, 0) is 12.0 Å². The fourth-order valence-electron chi connectivity index (χ4n) is 1.84. The van der Waals surface area contributed by atoms with Crippen molar-refractivity contribution in [3.05, 3.63) is 52.5 Å². The van der Waals surface area contributed by atoms with Crippen molar-refractivity contribution in [1.82, 2.24) is 10.3 Å². The van der Waals surface area contributed by atoms with Crippen molar-refractivity contribution >= 4 is 11.3 Å². The van der Waals surface area contributed by atoms with E-state index in [0.29, 0.717) is 0 Å². The monoisotopic (exact) mass is 261 g/mol. The van der Waals surface area contributed by atoms with Crippen molar-refractivity contribution in [2.75, 3.05) is 13.1 Å². The molecular formula is C14H19N3S. The molecule has 0 saturated carbocycles. The molecule has 0 spiro atoms. The molecule has 1 aromatic heterocycles. The van der Waals surface area contributed by atoms with E-state index in [2.05, 4.69) is 29.4 Å². The summed E-state index contributed by atoms with van der Waals surface area (Å²) in [7, 11) is 0. The van der Waals surface area contributed by atoms with Crippen LogP contribution >= 0.6 is 11.3 Å². The highest BCUT2D eigenvalue weighted by Gasteiger charge is 2.19. The summed E-state index contributed by atoms with van der Waals surface area (Å²) < 4.78 is 0. The number of aromatic nitrogens is 1. The molecule has 18 heavy (non-hydrogen) atoms. The zero-order valence-electron chi connectivity index (χ0n) is 10.6. The summed E-state index contributed by atoms with van der Waals surface area (Å²) in [5, 5.41) is 6.58. The zero-order valence-corrected chi connectivity index (χ0v) is 11.4. The topological polar surface area (TPSA) is 50.9 Å². The fraction of sp³-hybridized carbons (Fsp3) is 0.357. The summed E-state index contributed by atoms with van der Waals surface area (Å²) in [6.07, 6.45) is 2.81. The van der Waals surface area contributed by atoms with Gasteiger partial charge in [0.25, 0.3) is 0 Å². The summed E-state index contributed by atoms with van der Waals surface area (Å²) in [6, 6.07) is 10.2. The van der Waals surface area contributed by atoms with Gasteiger partial charge in [0.2, 0.25) is 0 Å². The van der Waals surface area contributed by atoms with E-state index < -0.39 is 0 Å². The van der Waals surface area contributed by atoms with Gasteiger partial charge in [-0.05, 0) is 12.5 Å². The Morgan fingerprint density at radius 3 is 2.78 bits per heavy atom. The van der Waals surface area contributed by atoms with Crippen LogP contribution in [0.4, 0.5) is 0 Å². The second-order valence-electron chi connectivity index (χ2n) is 4.64. The van der Waals surface area contributed by atoms with Gasteiger partial charge in [0, 0.05) is 31.1 Å². The molecule has 0 amide bonds. The number of nitrogens with zero attached hydrogens (tertiary/aromatic N) is 1. The Morgan fingerprint density at radius 2 is 2.11 bits per heavy atom. The van der Waals surface area contributed by atoms with Crippen molar-refractivity contribution in [3.8, 4) is 0 Å². The van der Waals surface area contributed by atoms with Crippen LogP contribution in [0.2, 0.25) is 0 Å². The molecule has 3 nitrogen and oxygen atoms in total. The smallest absolute Gasteiger partial charge is 0.0937 e. The third-order valence-corrected chi connectivity index (χ3v) is 3.76. The van der Waals surface area contributed by atoms with Gasteiger partial charge >= 0.3 is 0 Å². The Labute approximate surface area is 112 Å². The van der Waals surface area contributed by atoms with Crippen LogP contribution in [0.3, 0.4) is 0 Å². The molecule has 0 saturated heterocycles. The Balaban J connectivity index is 1.79. The molecule has 1 aromatic carbocycles. The Kier molecular flexibility index (Phi) is 4.47. The van der Waals surface area contributed by atoms with Gasteiger partial charge in [-0.15, -0.1) is 11.3 Å². The predicted octanol–water partition coefficient (Wildman–Crippen LogP) is 2.15. The molecule has 4 heteroatoms. The minimum absolute atomic E-state index is 0.329. The fourth-order valence-corrected chi connectivity index (χ4v) is 2.46. The van der Waals surface area contributed by atoms with Crippen molar-refractivity contribution in [3.63, 3.8) is 0 Å². The number of thiazole rings is 1. The lowest BCUT2D eigenvalue weighted by Crippen LogP contribution is -2.43. The van der Waals surface area contributed by atoms with E-state index in [1.807, 2.05) is 29.8 Å². The number of hydrogen-bond acceptors (Lipinski definition) is 4. The first-order valence-corrected chi connectivity index (χ1v) is 7.00. The van der Waals surface area contributed by atoms with Crippen LogP contribution < -0.4 is 11.1 Å². The molecule has 0 aliphatic rings. The van der Waals surface area contributed by atoms with Crippen LogP contribution in [0.25, 0.3) is 0 Å². The third kappa shape index (κ3) is 3.63. The summed E-state index contributed by atoms with van der Waals surface area (Å²) >= 11 is 1.69. The maximum Gasteiger partial charge on any atom is 0.0937 e. The van der Waals surface area contributed by atoms with E-state index >= 15 is 0 Å². The Morgan fingerprint density at radius 1 is 1.33 bits per heavy atom. The Bertz CT molecular complexity index is 451. The van der Waals surface area contributed by atoms with Crippen LogP contribution in [0.5, 0.6) is 0 Å². The largest absolute Gasteiger partial charge is 0.321 e. The maximum atomic E-state index is 6.32. The normalized spacial score (nSPS) is 14.3. The first-order chi connectivity index (χ1) is 8.68. The number of nitrogens with one attached hydrogen (secondary N) is 1. The first kappa shape index (κ1) is 13.2. The molecule has 1 unspecified atom stereocenters. The second kappa shape index (κ2) is 6.09. The van der Waals surface area contributed by atoms with Gasteiger partial charge in [0.05, 0.1) is 10.5 Å². The van der Waals surface area contributed by atoms with E-state index in [4.69, 9.17) is 5.73 Å². The quantitative estimate of drug-likeness (QED) is 0.783. The van der Waals surface area contributed by atoms with E-state index in [9.17, 15) is 0 Å². The van der Waals surface area contributed by atoms with Crippen LogP contribution in [0.15, 0.2) is 41.9 Å². The minimum atomic E-state index is -0.329. The number of rotatable bonds is 6. The van der Waals surface area contributed by atoms with Crippen molar-refractivity contribution in [2.45, 2.75) is 18.9 Å². The van der Waals surface area contributed by atoms with Crippen molar-refractivity contribution < 1.29 is 0 Å². The van der Waals surface area contributed by atoms with Gasteiger partial charge in [-0.2, -0.15) is 0 Å². The molecule has 0 fully saturated rings. The highest BCUT2D eigenvalue weighted by atomic mass is 32.1. The van der Waals surface area contributed by atoms with Crippen LogP contribution in [0.1, 0.15) is 17.5 Å². The van der Waals surface area contributed by atoms with Gasteiger partial charge in [-0.25, -0.2) is 4.98 Å². The predicted molar refractivity (Wildman–Crippen MR) is 76.7 cm³/mol. The molecule has 3 N–H and O–H groups in total. The standard InChI is InChI=1S/C14H19N3S/c1-14(15,12-5-3-2-4-6-12)11-16-8-7-13-17-9-10-18-13/h2-6,9-10,16H,7-8,11,15H2,1H3. The molecule has 0 radical (unpaired) electrons. The Hall–Kier alpha value is -1.23. The van der Waals surface area contributed by atoms with Gasteiger partial charge in [0.15, 0.2) is 0 Å². The molecule has 1 heterocycles. The molecule has 2 aromatic rings. The van der Waals surface area contributed by atoms with E-state index in [1.54, 1.807) is 11.3 Å². The number of benzene rings is 1. The number of hydrogen-bond donors (Lipinski definition) is 2. The number of nitrogens with two attached hydrogens (primary N) is 1. The lowest BCUT2D eigenvalue weighted by atomic mass is 9.93. The molecule has 96 valence electrons. The lowest BCUT2D eigenvalue weighted by molar-refractivity contribution is 0.448. The maximum absolute atomic E-state index is 6.32. The molecule has 0 bridgehead atoms. The molecule has 2 rings (SSSR count). The second-order valence-corrected chi connectivity index (χ2v) is 5.62. The SMILES string of the molecule is CC(N)(CNCCc1nccs1)c1ccccc1. The van der Waals surface area contributed by atoms with Crippen molar-refractivity contribution in [2.24, 2.45) is 5.73 Å². The first-order valence-electron chi connectivity index (χ1n) is 6.12. The van der Waals surface area contributed by atoms with Gasteiger partial charge in [0.1, 0.15) is 0 Å². The lowest BCUT2D eigenvalue weighted by Gasteiger charge is -2.25. The van der Waals surface area contributed by atoms with Gasteiger partial charge < -0.3 is 11.1 Å².